The van der Waals surface area contributed by atoms with Crippen LogP contribution in [-0.4, -0.2) is 35.4 Å². The summed E-state index contributed by atoms with van der Waals surface area (Å²) in [6.07, 6.45) is 1.63. The molecule has 2 aromatic rings. The summed E-state index contributed by atoms with van der Waals surface area (Å²) in [4.78, 5) is 17.3. The highest BCUT2D eigenvalue weighted by atomic mass is 19.1. The smallest absolute Gasteiger partial charge is 0.414 e. The Morgan fingerprint density at radius 2 is 2.26 bits per heavy atom. The van der Waals surface area contributed by atoms with E-state index in [9.17, 15) is 9.18 Å². The average molecular weight is 374 g/mol. The van der Waals surface area contributed by atoms with E-state index in [0.29, 0.717) is 22.6 Å². The Kier molecular flexibility index (Phi) is 5.38. The van der Waals surface area contributed by atoms with E-state index in [1.54, 1.807) is 24.3 Å². The first-order valence-corrected chi connectivity index (χ1v) is 8.05. The first-order chi connectivity index (χ1) is 13.0. The molecule has 27 heavy (non-hydrogen) atoms. The summed E-state index contributed by atoms with van der Waals surface area (Å²) >= 11 is 0. The van der Waals surface area contributed by atoms with Crippen LogP contribution in [0.1, 0.15) is 0 Å². The second kappa shape index (κ2) is 7.89. The number of aliphatic hydroxyl groups excluding tert-OH is 1. The Hall–Kier alpha value is -3.37. The average Bonchev–Trinajstić information content (AvgIpc) is 3.03. The number of carbonyl (C=O) groups is 1. The number of nitrogens with two attached hydrogens (primary N) is 2. The van der Waals surface area contributed by atoms with E-state index in [-0.39, 0.29) is 19.0 Å². The number of carbonyl (C=O) groups excluding carboxylic acids is 1. The van der Waals surface area contributed by atoms with E-state index < -0.39 is 18.0 Å². The van der Waals surface area contributed by atoms with Crippen LogP contribution in [0.15, 0.2) is 48.5 Å². The van der Waals surface area contributed by atoms with Crippen LogP contribution in [0, 0.1) is 5.82 Å². The lowest BCUT2D eigenvalue weighted by atomic mass is 10.1. The third kappa shape index (κ3) is 4.07. The standard InChI is InChI=1S/C17H19FN6O3/c18-14-5-11(24-8-12(9-25)27-17(24)26)2-3-13(14)10-1-4-16(21-6-10)23-15(19)7-22-20/h1-7,12,22,25H,8-9,19-20H2,(H,21,23)/b15-7+. The van der Waals surface area contributed by atoms with E-state index in [1.807, 2.05) is 0 Å². The number of ether oxygens (including phenoxy) is 1. The van der Waals surface area contributed by atoms with Gasteiger partial charge in [-0.3, -0.25) is 10.7 Å². The molecule has 1 fully saturated rings. The predicted octanol–water partition coefficient (Wildman–Crippen LogP) is 0.838. The lowest BCUT2D eigenvalue weighted by Gasteiger charge is -2.14. The zero-order valence-corrected chi connectivity index (χ0v) is 14.2. The Bertz CT molecular complexity index is 858. The zero-order chi connectivity index (χ0) is 19.4. The first kappa shape index (κ1) is 18.4. The SMILES string of the molecule is NN/C=C(\N)Nc1ccc(-c2ccc(N3CC(CO)OC3=O)cc2F)cn1. The molecule has 0 spiro atoms. The van der Waals surface area contributed by atoms with Gasteiger partial charge in [0.25, 0.3) is 0 Å². The van der Waals surface area contributed by atoms with Crippen LogP contribution in [0.2, 0.25) is 0 Å². The van der Waals surface area contributed by atoms with E-state index in [4.69, 9.17) is 21.4 Å². The molecule has 0 saturated carbocycles. The number of amides is 1. The minimum atomic E-state index is -0.615. The van der Waals surface area contributed by atoms with Gasteiger partial charge in [0.05, 0.1) is 25.0 Å². The summed E-state index contributed by atoms with van der Waals surface area (Å²) in [5.41, 5.74) is 9.18. The van der Waals surface area contributed by atoms with Crippen LogP contribution in [0.4, 0.5) is 20.7 Å². The number of benzene rings is 1. The molecular formula is C17H19FN6O3. The van der Waals surface area contributed by atoms with E-state index in [2.05, 4.69) is 15.7 Å². The van der Waals surface area contributed by atoms with Gasteiger partial charge in [-0.15, -0.1) is 0 Å². The van der Waals surface area contributed by atoms with Crippen molar-refractivity contribution in [1.82, 2.24) is 10.4 Å². The van der Waals surface area contributed by atoms with Crippen molar-refractivity contribution in [2.45, 2.75) is 6.10 Å². The normalized spacial score (nSPS) is 17.0. The monoisotopic (exact) mass is 374 g/mol. The molecule has 0 bridgehead atoms. The molecule has 1 aromatic heterocycles. The van der Waals surface area contributed by atoms with E-state index in [0.717, 1.165) is 0 Å². The fraction of sp³-hybridized carbons (Fsp3) is 0.176. The Morgan fingerprint density at radius 3 is 2.85 bits per heavy atom. The number of aliphatic hydroxyl groups is 1. The lowest BCUT2D eigenvalue weighted by molar-refractivity contribution is 0.0963. The molecule has 7 N–H and O–H groups in total. The second-order valence-electron chi connectivity index (χ2n) is 5.79. The molecule has 0 radical (unpaired) electrons. The summed E-state index contributed by atoms with van der Waals surface area (Å²) in [5.74, 6) is 5.35. The van der Waals surface area contributed by atoms with Crippen molar-refractivity contribution in [2.75, 3.05) is 23.4 Å². The number of hydrogen-bond acceptors (Lipinski definition) is 8. The van der Waals surface area contributed by atoms with Crippen LogP contribution >= 0.6 is 0 Å². The minimum Gasteiger partial charge on any atom is -0.441 e. The number of hydrogen-bond donors (Lipinski definition) is 5. The minimum absolute atomic E-state index is 0.169. The van der Waals surface area contributed by atoms with Crippen molar-refractivity contribution in [3.05, 3.63) is 54.4 Å². The van der Waals surface area contributed by atoms with Crippen molar-refractivity contribution < 1.29 is 19.0 Å². The second-order valence-corrected chi connectivity index (χ2v) is 5.79. The van der Waals surface area contributed by atoms with Crippen LogP contribution in [0.25, 0.3) is 11.1 Å². The molecule has 1 atom stereocenters. The number of nitrogens with one attached hydrogen (secondary N) is 2. The van der Waals surface area contributed by atoms with Gasteiger partial charge in [-0.05, 0) is 30.3 Å². The Labute approximate surface area is 154 Å². The number of pyridine rings is 1. The highest BCUT2D eigenvalue weighted by molar-refractivity contribution is 5.90. The number of cyclic esters (lactones) is 1. The Morgan fingerprint density at radius 1 is 1.44 bits per heavy atom. The molecule has 1 saturated heterocycles. The molecular weight excluding hydrogens is 355 g/mol. The third-order valence-electron chi connectivity index (χ3n) is 3.93. The molecule has 0 aliphatic carbocycles. The van der Waals surface area contributed by atoms with Crippen molar-refractivity contribution in [2.24, 2.45) is 11.6 Å². The maximum Gasteiger partial charge on any atom is 0.414 e. The molecule has 1 amide bonds. The summed E-state index contributed by atoms with van der Waals surface area (Å²) < 4.78 is 19.5. The number of hydrazine groups is 1. The van der Waals surface area contributed by atoms with Gasteiger partial charge in [-0.25, -0.2) is 14.2 Å². The number of halogens is 1. The molecule has 1 aromatic carbocycles. The van der Waals surface area contributed by atoms with Gasteiger partial charge in [-0.2, -0.15) is 0 Å². The highest BCUT2D eigenvalue weighted by Crippen LogP contribution is 2.29. The van der Waals surface area contributed by atoms with Gasteiger partial charge >= 0.3 is 6.09 Å². The molecule has 2 heterocycles. The fourth-order valence-corrected chi connectivity index (χ4v) is 2.63. The fourth-order valence-electron chi connectivity index (χ4n) is 2.63. The van der Waals surface area contributed by atoms with Gasteiger partial charge in [0.2, 0.25) is 0 Å². The van der Waals surface area contributed by atoms with E-state index >= 15 is 0 Å². The van der Waals surface area contributed by atoms with Gasteiger partial charge in [0.15, 0.2) is 0 Å². The van der Waals surface area contributed by atoms with Crippen LogP contribution in [0.5, 0.6) is 0 Å². The van der Waals surface area contributed by atoms with Crippen LogP contribution < -0.4 is 27.2 Å². The molecule has 1 unspecified atom stereocenters. The topological polar surface area (TPSA) is 139 Å². The molecule has 9 nitrogen and oxygen atoms in total. The quantitative estimate of drug-likeness (QED) is 0.370. The largest absolute Gasteiger partial charge is 0.441 e. The molecule has 3 rings (SSSR count). The zero-order valence-electron chi connectivity index (χ0n) is 14.2. The summed E-state index contributed by atoms with van der Waals surface area (Å²) in [5, 5.41) is 11.9. The van der Waals surface area contributed by atoms with Crippen molar-refractivity contribution in [3.8, 4) is 11.1 Å². The number of anilines is 2. The van der Waals surface area contributed by atoms with Crippen LogP contribution in [-0.2, 0) is 4.74 Å². The molecule has 1 aliphatic rings. The van der Waals surface area contributed by atoms with Crippen LogP contribution in [0.3, 0.4) is 0 Å². The number of rotatable bonds is 6. The summed E-state index contributed by atoms with van der Waals surface area (Å²) in [6.45, 7) is -0.113. The lowest BCUT2D eigenvalue weighted by Crippen LogP contribution is -2.25. The van der Waals surface area contributed by atoms with Crippen molar-refractivity contribution in [1.29, 1.82) is 0 Å². The maximum atomic E-state index is 14.6. The predicted molar refractivity (Wildman–Crippen MR) is 97.5 cm³/mol. The Balaban J connectivity index is 1.78. The third-order valence-corrected chi connectivity index (χ3v) is 3.93. The first-order valence-electron chi connectivity index (χ1n) is 8.05. The van der Waals surface area contributed by atoms with Gasteiger partial charge in [0, 0.05) is 17.3 Å². The molecule has 142 valence electrons. The highest BCUT2D eigenvalue weighted by Gasteiger charge is 2.32. The van der Waals surface area contributed by atoms with Crippen molar-refractivity contribution >= 4 is 17.6 Å². The number of aromatic nitrogens is 1. The number of nitrogens with zero attached hydrogens (tertiary/aromatic N) is 2. The molecule has 1 aliphatic heterocycles. The summed E-state index contributed by atoms with van der Waals surface area (Å²) in [7, 11) is 0. The van der Waals surface area contributed by atoms with Gasteiger partial charge in [-0.1, -0.05) is 0 Å². The summed E-state index contributed by atoms with van der Waals surface area (Å²) in [6, 6.07) is 7.74. The van der Waals surface area contributed by atoms with E-state index in [1.165, 1.54) is 23.4 Å². The maximum absolute atomic E-state index is 14.6. The molecule has 10 heteroatoms. The van der Waals surface area contributed by atoms with Gasteiger partial charge in [0.1, 0.15) is 23.6 Å². The van der Waals surface area contributed by atoms with Crippen molar-refractivity contribution in [3.63, 3.8) is 0 Å². The van der Waals surface area contributed by atoms with Gasteiger partial charge < -0.3 is 26.3 Å².